The number of hydrogen-bond acceptors (Lipinski definition) is 2. The molecule has 3 rings (SSSR count). The molecule has 2 aromatic rings. The van der Waals surface area contributed by atoms with Crippen LogP contribution >= 0.6 is 0 Å². The van der Waals surface area contributed by atoms with E-state index in [0.717, 1.165) is 17.7 Å². The molecule has 22 heavy (non-hydrogen) atoms. The normalized spacial score (nSPS) is 16.6. The molecule has 2 amide bonds. The maximum absolute atomic E-state index is 13.6. The minimum Gasteiger partial charge on any atom is -0.340 e. The molecule has 0 fully saturated rings. The fraction of sp³-hybridized carbons (Fsp3) is 0.125. The molecule has 2 N–H and O–H groups in total. The van der Waals surface area contributed by atoms with Crippen molar-refractivity contribution in [3.8, 4) is 0 Å². The highest BCUT2D eigenvalue weighted by Crippen LogP contribution is 2.19. The van der Waals surface area contributed by atoms with E-state index in [4.69, 9.17) is 0 Å². The Bertz CT molecular complexity index is 762. The van der Waals surface area contributed by atoms with E-state index in [-0.39, 0.29) is 11.6 Å². The Kier molecular flexibility index (Phi) is 3.58. The molecule has 0 radical (unpaired) electrons. The zero-order chi connectivity index (χ0) is 15.7. The average Bonchev–Trinajstić information content (AvgIpc) is 2.50. The largest absolute Gasteiger partial charge is 0.340 e. The molecule has 0 saturated heterocycles. The van der Waals surface area contributed by atoms with E-state index in [0.29, 0.717) is 18.1 Å². The molecule has 0 bridgehead atoms. The first kappa shape index (κ1) is 14.2. The summed E-state index contributed by atoms with van der Waals surface area (Å²) >= 11 is 0. The number of benzene rings is 2. The van der Waals surface area contributed by atoms with Gasteiger partial charge in [0.15, 0.2) is 0 Å². The maximum atomic E-state index is 13.6. The second-order valence-corrected chi connectivity index (χ2v) is 5.00. The van der Waals surface area contributed by atoms with Gasteiger partial charge in [0.2, 0.25) is 5.91 Å². The minimum atomic E-state index is -0.865. The summed E-state index contributed by atoms with van der Waals surface area (Å²) in [6, 6.07) is 9.05. The van der Waals surface area contributed by atoms with Crippen molar-refractivity contribution in [1.82, 2.24) is 5.32 Å². The van der Waals surface area contributed by atoms with Crippen LogP contribution in [-0.4, -0.2) is 17.9 Å². The maximum Gasteiger partial charge on any atom is 0.252 e. The number of carbonyl (C=O) groups is 2. The van der Waals surface area contributed by atoms with Gasteiger partial charge in [-0.3, -0.25) is 9.59 Å². The van der Waals surface area contributed by atoms with Gasteiger partial charge in [0, 0.05) is 18.1 Å². The molecular formula is C16H12F2N2O2. The Morgan fingerprint density at radius 1 is 1.18 bits per heavy atom. The standard InChI is InChI=1S/C16H12F2N2O2/c17-10-5-6-13(12(18)8-10)19-16(22)14-7-9-3-1-2-4-11(9)15(21)20-14/h1-6,8,14H,7H2,(H,19,22)(H,20,21). The van der Waals surface area contributed by atoms with Gasteiger partial charge < -0.3 is 10.6 Å². The molecule has 1 aliphatic rings. The van der Waals surface area contributed by atoms with Crippen LogP contribution in [-0.2, 0) is 11.2 Å². The van der Waals surface area contributed by atoms with E-state index >= 15 is 0 Å². The fourth-order valence-electron chi connectivity index (χ4n) is 2.40. The molecule has 2 aromatic carbocycles. The van der Waals surface area contributed by atoms with Crippen molar-refractivity contribution in [2.45, 2.75) is 12.5 Å². The van der Waals surface area contributed by atoms with E-state index in [2.05, 4.69) is 10.6 Å². The van der Waals surface area contributed by atoms with Gasteiger partial charge in [0.1, 0.15) is 17.7 Å². The molecule has 112 valence electrons. The number of anilines is 1. The minimum absolute atomic E-state index is 0.125. The van der Waals surface area contributed by atoms with Gasteiger partial charge in [0.05, 0.1) is 5.69 Å². The third-order valence-corrected chi connectivity index (χ3v) is 3.50. The number of nitrogens with one attached hydrogen (secondary N) is 2. The third-order valence-electron chi connectivity index (χ3n) is 3.50. The number of halogens is 2. The van der Waals surface area contributed by atoms with E-state index in [1.807, 2.05) is 0 Å². The Labute approximate surface area is 125 Å². The van der Waals surface area contributed by atoms with Crippen molar-refractivity contribution < 1.29 is 18.4 Å². The molecule has 0 spiro atoms. The Morgan fingerprint density at radius 2 is 1.95 bits per heavy atom. The zero-order valence-corrected chi connectivity index (χ0v) is 11.4. The number of carbonyl (C=O) groups excluding carboxylic acids is 2. The van der Waals surface area contributed by atoms with Crippen molar-refractivity contribution >= 4 is 17.5 Å². The van der Waals surface area contributed by atoms with Crippen LogP contribution < -0.4 is 10.6 Å². The predicted molar refractivity (Wildman–Crippen MR) is 76.4 cm³/mol. The van der Waals surface area contributed by atoms with Gasteiger partial charge in [-0.15, -0.1) is 0 Å². The number of fused-ring (bicyclic) bond motifs is 1. The summed E-state index contributed by atoms with van der Waals surface area (Å²) in [6.07, 6.45) is 0.316. The summed E-state index contributed by atoms with van der Waals surface area (Å²) in [5.74, 6) is -2.48. The van der Waals surface area contributed by atoms with Crippen LogP contribution in [0, 0.1) is 11.6 Å². The molecule has 1 heterocycles. The summed E-state index contributed by atoms with van der Waals surface area (Å²) in [4.78, 5) is 24.1. The zero-order valence-electron chi connectivity index (χ0n) is 11.4. The van der Waals surface area contributed by atoms with Gasteiger partial charge in [-0.25, -0.2) is 8.78 Å². The van der Waals surface area contributed by atoms with E-state index in [1.54, 1.807) is 24.3 Å². The summed E-state index contributed by atoms with van der Waals surface area (Å²) < 4.78 is 26.4. The highest BCUT2D eigenvalue weighted by atomic mass is 19.1. The first-order chi connectivity index (χ1) is 10.5. The van der Waals surface area contributed by atoms with Crippen LogP contribution in [0.15, 0.2) is 42.5 Å². The predicted octanol–water partition coefficient (Wildman–Crippen LogP) is 2.26. The Morgan fingerprint density at radius 3 is 2.73 bits per heavy atom. The van der Waals surface area contributed by atoms with E-state index in [1.165, 1.54) is 0 Å². The summed E-state index contributed by atoms with van der Waals surface area (Å²) in [6.45, 7) is 0. The van der Waals surface area contributed by atoms with Crippen molar-refractivity contribution in [2.75, 3.05) is 5.32 Å². The van der Waals surface area contributed by atoms with Crippen molar-refractivity contribution in [1.29, 1.82) is 0 Å². The van der Waals surface area contributed by atoms with Gasteiger partial charge in [0.25, 0.3) is 5.91 Å². The lowest BCUT2D eigenvalue weighted by Crippen LogP contribution is -2.48. The molecule has 0 aromatic heterocycles. The second kappa shape index (κ2) is 5.55. The Hall–Kier alpha value is -2.76. The van der Waals surface area contributed by atoms with Crippen LogP contribution in [0.4, 0.5) is 14.5 Å². The van der Waals surface area contributed by atoms with Crippen LogP contribution in [0.1, 0.15) is 15.9 Å². The number of amides is 2. The van der Waals surface area contributed by atoms with Crippen LogP contribution in [0.5, 0.6) is 0 Å². The van der Waals surface area contributed by atoms with E-state index in [9.17, 15) is 18.4 Å². The third kappa shape index (κ3) is 2.67. The first-order valence-corrected chi connectivity index (χ1v) is 6.69. The number of hydrogen-bond donors (Lipinski definition) is 2. The summed E-state index contributed by atoms with van der Waals surface area (Å²) in [5, 5.41) is 4.94. The SMILES string of the molecule is O=C1NC(C(=O)Nc2ccc(F)cc2F)Cc2ccccc21. The van der Waals surface area contributed by atoms with Gasteiger partial charge >= 0.3 is 0 Å². The molecule has 1 unspecified atom stereocenters. The molecule has 6 heteroatoms. The number of rotatable bonds is 2. The summed E-state index contributed by atoms with van der Waals surface area (Å²) in [7, 11) is 0. The molecule has 4 nitrogen and oxygen atoms in total. The van der Waals surface area contributed by atoms with Gasteiger partial charge in [-0.2, -0.15) is 0 Å². The van der Waals surface area contributed by atoms with Crippen molar-refractivity contribution in [3.63, 3.8) is 0 Å². The molecular weight excluding hydrogens is 290 g/mol. The smallest absolute Gasteiger partial charge is 0.252 e. The van der Waals surface area contributed by atoms with Crippen molar-refractivity contribution in [2.24, 2.45) is 0 Å². The Balaban J connectivity index is 1.78. The lowest BCUT2D eigenvalue weighted by atomic mass is 9.95. The summed E-state index contributed by atoms with van der Waals surface area (Å²) in [5.41, 5.74) is 1.16. The second-order valence-electron chi connectivity index (χ2n) is 5.00. The fourth-order valence-corrected chi connectivity index (χ4v) is 2.40. The molecule has 1 atom stereocenters. The molecule has 1 aliphatic heterocycles. The average molecular weight is 302 g/mol. The quantitative estimate of drug-likeness (QED) is 0.894. The highest BCUT2D eigenvalue weighted by molar-refractivity contribution is 6.03. The lowest BCUT2D eigenvalue weighted by Gasteiger charge is -2.24. The van der Waals surface area contributed by atoms with Crippen LogP contribution in [0.25, 0.3) is 0 Å². The highest BCUT2D eigenvalue weighted by Gasteiger charge is 2.29. The lowest BCUT2D eigenvalue weighted by molar-refractivity contribution is -0.118. The topological polar surface area (TPSA) is 58.2 Å². The monoisotopic (exact) mass is 302 g/mol. The van der Waals surface area contributed by atoms with Gasteiger partial charge in [-0.1, -0.05) is 18.2 Å². The molecule has 0 aliphatic carbocycles. The van der Waals surface area contributed by atoms with Crippen LogP contribution in [0.3, 0.4) is 0 Å². The van der Waals surface area contributed by atoms with E-state index < -0.39 is 23.6 Å². The van der Waals surface area contributed by atoms with Crippen molar-refractivity contribution in [3.05, 3.63) is 65.2 Å². The first-order valence-electron chi connectivity index (χ1n) is 6.69. The van der Waals surface area contributed by atoms with Gasteiger partial charge in [-0.05, 0) is 23.8 Å². The molecule has 0 saturated carbocycles. The van der Waals surface area contributed by atoms with Crippen LogP contribution in [0.2, 0.25) is 0 Å².